The lowest BCUT2D eigenvalue weighted by Crippen LogP contribution is -2.21. The van der Waals surface area contributed by atoms with Gasteiger partial charge in [-0.15, -0.1) is 0 Å². The summed E-state index contributed by atoms with van der Waals surface area (Å²) in [6.45, 7) is 0. The fourth-order valence-electron chi connectivity index (χ4n) is 3.47. The largest absolute Gasteiger partial charge is 0.324 e. The molecule has 0 saturated heterocycles. The molecular formula is C18H23N. The predicted octanol–water partition coefficient (Wildman–Crippen LogP) is 4.81. The lowest BCUT2D eigenvalue weighted by molar-refractivity contribution is 0.384. The normalized spacial score (nSPS) is 19.2. The lowest BCUT2D eigenvalue weighted by Gasteiger charge is -2.24. The monoisotopic (exact) mass is 253 g/mol. The average molecular weight is 253 g/mol. The Morgan fingerprint density at radius 3 is 2.32 bits per heavy atom. The first-order valence-corrected chi connectivity index (χ1v) is 7.59. The van der Waals surface area contributed by atoms with E-state index in [0.717, 1.165) is 0 Å². The van der Waals surface area contributed by atoms with Crippen LogP contribution in [0, 0.1) is 5.92 Å². The van der Waals surface area contributed by atoms with Crippen LogP contribution >= 0.6 is 0 Å². The van der Waals surface area contributed by atoms with Gasteiger partial charge in [-0.1, -0.05) is 68.1 Å². The summed E-state index contributed by atoms with van der Waals surface area (Å²) in [5.41, 5.74) is 7.94. The summed E-state index contributed by atoms with van der Waals surface area (Å²) in [5, 5.41) is 2.64. The van der Waals surface area contributed by atoms with E-state index in [4.69, 9.17) is 5.73 Å². The molecule has 2 aromatic rings. The summed E-state index contributed by atoms with van der Waals surface area (Å²) < 4.78 is 0. The predicted molar refractivity (Wildman–Crippen MR) is 82.1 cm³/mol. The van der Waals surface area contributed by atoms with Gasteiger partial charge in [-0.25, -0.2) is 0 Å². The molecule has 0 heterocycles. The molecule has 3 rings (SSSR count). The molecule has 0 aromatic heterocycles. The highest BCUT2D eigenvalue weighted by Crippen LogP contribution is 2.34. The Bertz CT molecular complexity index is 533. The summed E-state index contributed by atoms with van der Waals surface area (Å²) >= 11 is 0. The fourth-order valence-corrected chi connectivity index (χ4v) is 3.47. The lowest BCUT2D eigenvalue weighted by atomic mass is 9.86. The first kappa shape index (κ1) is 12.7. The van der Waals surface area contributed by atoms with Crippen molar-refractivity contribution in [3.05, 3.63) is 48.0 Å². The smallest absolute Gasteiger partial charge is 0.0329 e. The maximum Gasteiger partial charge on any atom is 0.0329 e. The van der Waals surface area contributed by atoms with E-state index >= 15 is 0 Å². The Hall–Kier alpha value is -1.34. The molecule has 0 amide bonds. The first-order chi connectivity index (χ1) is 9.36. The van der Waals surface area contributed by atoms with Gasteiger partial charge in [0.25, 0.3) is 0 Å². The van der Waals surface area contributed by atoms with Crippen molar-refractivity contribution in [2.24, 2.45) is 11.7 Å². The minimum atomic E-state index is 0.198. The summed E-state index contributed by atoms with van der Waals surface area (Å²) in [5.74, 6) is 0.660. The van der Waals surface area contributed by atoms with Crippen molar-refractivity contribution in [1.29, 1.82) is 0 Å². The maximum atomic E-state index is 6.61. The highest BCUT2D eigenvalue weighted by Gasteiger charge is 2.22. The second-order valence-electron chi connectivity index (χ2n) is 5.85. The van der Waals surface area contributed by atoms with Crippen molar-refractivity contribution >= 4 is 10.8 Å². The molecule has 0 radical (unpaired) electrons. The zero-order chi connectivity index (χ0) is 13.1. The summed E-state index contributed by atoms with van der Waals surface area (Å²) in [4.78, 5) is 0. The fraction of sp³-hybridized carbons (Fsp3) is 0.444. The van der Waals surface area contributed by atoms with Crippen LogP contribution in [0.1, 0.15) is 50.1 Å². The van der Waals surface area contributed by atoms with Crippen molar-refractivity contribution < 1.29 is 0 Å². The molecule has 1 saturated carbocycles. The van der Waals surface area contributed by atoms with Crippen LogP contribution in [0.25, 0.3) is 10.8 Å². The van der Waals surface area contributed by atoms with Gasteiger partial charge in [-0.2, -0.15) is 0 Å². The van der Waals surface area contributed by atoms with E-state index in [1.165, 1.54) is 54.9 Å². The van der Waals surface area contributed by atoms with Gasteiger partial charge < -0.3 is 5.73 Å². The van der Waals surface area contributed by atoms with Crippen molar-refractivity contribution in [2.45, 2.75) is 44.6 Å². The number of rotatable bonds is 2. The zero-order valence-corrected chi connectivity index (χ0v) is 11.5. The number of nitrogens with two attached hydrogens (primary N) is 1. The molecule has 1 nitrogen and oxygen atoms in total. The van der Waals surface area contributed by atoms with Gasteiger partial charge in [0.05, 0.1) is 0 Å². The molecule has 1 unspecified atom stereocenters. The molecule has 1 aliphatic carbocycles. The number of fused-ring (bicyclic) bond motifs is 1. The van der Waals surface area contributed by atoms with Crippen LogP contribution in [0.3, 0.4) is 0 Å². The van der Waals surface area contributed by atoms with Crippen molar-refractivity contribution in [1.82, 2.24) is 0 Å². The minimum Gasteiger partial charge on any atom is -0.324 e. The van der Waals surface area contributed by atoms with Gasteiger partial charge in [0, 0.05) is 6.04 Å². The average Bonchev–Trinajstić information content (AvgIpc) is 2.75. The van der Waals surface area contributed by atoms with Gasteiger partial charge in [0.1, 0.15) is 0 Å². The van der Waals surface area contributed by atoms with E-state index in [0.29, 0.717) is 5.92 Å². The molecule has 2 aromatic carbocycles. The van der Waals surface area contributed by atoms with Gasteiger partial charge in [0.15, 0.2) is 0 Å². The molecule has 1 atom stereocenters. The molecule has 19 heavy (non-hydrogen) atoms. The summed E-state index contributed by atoms with van der Waals surface area (Å²) in [7, 11) is 0. The molecule has 0 spiro atoms. The van der Waals surface area contributed by atoms with Crippen LogP contribution in [0.15, 0.2) is 42.5 Å². The molecule has 1 fully saturated rings. The van der Waals surface area contributed by atoms with Crippen LogP contribution < -0.4 is 5.73 Å². The third-order valence-electron chi connectivity index (χ3n) is 4.59. The molecular weight excluding hydrogens is 230 g/mol. The topological polar surface area (TPSA) is 26.0 Å². The van der Waals surface area contributed by atoms with E-state index in [9.17, 15) is 0 Å². The third kappa shape index (κ3) is 2.66. The quantitative estimate of drug-likeness (QED) is 0.764. The molecule has 1 heteroatoms. The van der Waals surface area contributed by atoms with Crippen LogP contribution in [-0.4, -0.2) is 0 Å². The Kier molecular flexibility index (Phi) is 3.84. The highest BCUT2D eigenvalue weighted by molar-refractivity contribution is 5.86. The SMILES string of the molecule is NC(c1cccc2ccccc12)C1CCCCCC1. The molecule has 2 N–H and O–H groups in total. The van der Waals surface area contributed by atoms with E-state index in [-0.39, 0.29) is 6.04 Å². The van der Waals surface area contributed by atoms with E-state index < -0.39 is 0 Å². The Labute approximate surface area is 115 Å². The van der Waals surface area contributed by atoms with Gasteiger partial charge in [0.2, 0.25) is 0 Å². The number of hydrogen-bond acceptors (Lipinski definition) is 1. The Balaban J connectivity index is 1.94. The summed E-state index contributed by atoms with van der Waals surface area (Å²) in [6.07, 6.45) is 8.07. The zero-order valence-electron chi connectivity index (χ0n) is 11.5. The van der Waals surface area contributed by atoms with Crippen molar-refractivity contribution in [3.8, 4) is 0 Å². The summed E-state index contributed by atoms with van der Waals surface area (Å²) in [6, 6.07) is 15.4. The highest BCUT2D eigenvalue weighted by atomic mass is 14.7. The first-order valence-electron chi connectivity index (χ1n) is 7.59. The third-order valence-corrected chi connectivity index (χ3v) is 4.59. The van der Waals surface area contributed by atoms with Crippen LogP contribution in [-0.2, 0) is 0 Å². The van der Waals surface area contributed by atoms with E-state index in [2.05, 4.69) is 42.5 Å². The van der Waals surface area contributed by atoms with Gasteiger partial charge in [-0.05, 0) is 35.1 Å². The van der Waals surface area contributed by atoms with Crippen molar-refractivity contribution in [3.63, 3.8) is 0 Å². The minimum absolute atomic E-state index is 0.198. The standard InChI is InChI=1S/C18H23N/c19-18(15-9-3-1-2-4-10-15)17-13-7-11-14-8-5-6-12-16(14)17/h5-8,11-13,15,18H,1-4,9-10,19H2. The van der Waals surface area contributed by atoms with Crippen LogP contribution in [0.4, 0.5) is 0 Å². The molecule has 0 aliphatic heterocycles. The van der Waals surface area contributed by atoms with Gasteiger partial charge >= 0.3 is 0 Å². The van der Waals surface area contributed by atoms with Crippen LogP contribution in [0.5, 0.6) is 0 Å². The van der Waals surface area contributed by atoms with Crippen LogP contribution in [0.2, 0.25) is 0 Å². The van der Waals surface area contributed by atoms with E-state index in [1.54, 1.807) is 0 Å². The van der Waals surface area contributed by atoms with Gasteiger partial charge in [-0.3, -0.25) is 0 Å². The second-order valence-corrected chi connectivity index (χ2v) is 5.85. The van der Waals surface area contributed by atoms with Crippen molar-refractivity contribution in [2.75, 3.05) is 0 Å². The number of hydrogen-bond donors (Lipinski definition) is 1. The molecule has 1 aliphatic rings. The molecule has 100 valence electrons. The molecule has 0 bridgehead atoms. The Morgan fingerprint density at radius 1 is 0.842 bits per heavy atom. The van der Waals surface area contributed by atoms with E-state index in [1.807, 2.05) is 0 Å². The maximum absolute atomic E-state index is 6.61. The number of benzene rings is 2. The second kappa shape index (κ2) is 5.75. The Morgan fingerprint density at radius 2 is 1.53 bits per heavy atom.